The molecule has 130 valence electrons. The van der Waals surface area contributed by atoms with E-state index in [0.717, 1.165) is 16.9 Å². The van der Waals surface area contributed by atoms with Crippen LogP contribution in [0, 0.1) is 15.9 Å². The second-order valence-electron chi connectivity index (χ2n) is 5.31. The molecule has 3 aromatic heterocycles. The van der Waals surface area contributed by atoms with Gasteiger partial charge >= 0.3 is 5.00 Å². The Kier molecular flexibility index (Phi) is 4.01. The van der Waals surface area contributed by atoms with E-state index in [1.807, 2.05) is 0 Å². The molecular formula is C16H10FN5O3S. The smallest absolute Gasteiger partial charge is 0.326 e. The zero-order chi connectivity index (χ0) is 18.1. The molecule has 0 bridgehead atoms. The highest BCUT2D eigenvalue weighted by atomic mass is 32.1. The number of rotatable bonds is 5. The minimum atomic E-state index is -0.468. The van der Waals surface area contributed by atoms with Crippen LogP contribution >= 0.6 is 11.3 Å². The Hall–Kier alpha value is -3.40. The molecular weight excluding hydrogens is 361 g/mol. The molecule has 0 radical (unpaired) electrons. The molecule has 0 aliphatic carbocycles. The quantitative estimate of drug-likeness (QED) is 0.417. The number of nitrogens with one attached hydrogen (secondary N) is 1. The molecule has 0 saturated heterocycles. The first kappa shape index (κ1) is 16.1. The van der Waals surface area contributed by atoms with Crippen LogP contribution in [-0.4, -0.2) is 20.0 Å². The third kappa shape index (κ3) is 3.09. The van der Waals surface area contributed by atoms with Crippen LogP contribution in [0.3, 0.4) is 0 Å². The summed E-state index contributed by atoms with van der Waals surface area (Å²) < 4.78 is 18.1. The topological polar surface area (TPSA) is 107 Å². The van der Waals surface area contributed by atoms with Crippen LogP contribution in [-0.2, 0) is 6.54 Å². The van der Waals surface area contributed by atoms with Crippen molar-refractivity contribution in [2.75, 3.05) is 5.32 Å². The summed E-state index contributed by atoms with van der Waals surface area (Å²) in [4.78, 5) is 19.8. The fraction of sp³-hybridized carbons (Fsp3) is 0.0625. The SMILES string of the molecule is O=[N+]([O-])c1cc2c(NCc3ccc(F)cc3)nc(-c3ccno3)nc2s1. The van der Waals surface area contributed by atoms with Gasteiger partial charge in [-0.2, -0.15) is 0 Å². The zero-order valence-electron chi connectivity index (χ0n) is 13.0. The molecule has 0 atom stereocenters. The monoisotopic (exact) mass is 371 g/mol. The lowest BCUT2D eigenvalue weighted by molar-refractivity contribution is -0.380. The van der Waals surface area contributed by atoms with Crippen molar-refractivity contribution in [3.8, 4) is 11.6 Å². The summed E-state index contributed by atoms with van der Waals surface area (Å²) in [5, 5.41) is 18.3. The molecule has 0 aliphatic rings. The molecule has 0 saturated carbocycles. The number of halogens is 1. The Morgan fingerprint density at radius 2 is 2.04 bits per heavy atom. The molecule has 0 fully saturated rings. The molecule has 0 unspecified atom stereocenters. The molecule has 8 nitrogen and oxygen atoms in total. The summed E-state index contributed by atoms with van der Waals surface area (Å²) >= 11 is 0.953. The average Bonchev–Trinajstić information content (AvgIpc) is 3.30. The number of thiophene rings is 1. The molecule has 0 aliphatic heterocycles. The van der Waals surface area contributed by atoms with Gasteiger partial charge in [0.25, 0.3) is 0 Å². The summed E-state index contributed by atoms with van der Waals surface area (Å²) in [6.07, 6.45) is 1.46. The number of hydrogen-bond donors (Lipinski definition) is 1. The highest BCUT2D eigenvalue weighted by Crippen LogP contribution is 2.35. The van der Waals surface area contributed by atoms with Gasteiger partial charge in [-0.15, -0.1) is 0 Å². The molecule has 0 amide bonds. The van der Waals surface area contributed by atoms with Gasteiger partial charge in [0.2, 0.25) is 11.6 Å². The Balaban J connectivity index is 1.74. The standard InChI is InChI=1S/C16H10FN5O3S/c17-10-3-1-9(2-4-10)8-18-14-11-7-13(22(23)24)26-16(11)21-15(20-14)12-5-6-19-25-12/h1-7H,8H2,(H,18,20,21). The largest absolute Gasteiger partial charge is 0.365 e. The average molecular weight is 371 g/mol. The Labute approximate surface area is 149 Å². The summed E-state index contributed by atoms with van der Waals surface area (Å²) in [7, 11) is 0. The van der Waals surface area contributed by atoms with E-state index in [9.17, 15) is 14.5 Å². The minimum Gasteiger partial charge on any atom is -0.365 e. The molecule has 10 heteroatoms. The van der Waals surface area contributed by atoms with Crippen molar-refractivity contribution in [3.63, 3.8) is 0 Å². The van der Waals surface area contributed by atoms with E-state index in [0.29, 0.717) is 28.3 Å². The van der Waals surface area contributed by atoms with E-state index in [-0.39, 0.29) is 16.6 Å². The number of benzene rings is 1. The van der Waals surface area contributed by atoms with Gasteiger partial charge in [-0.3, -0.25) is 10.1 Å². The van der Waals surface area contributed by atoms with Crippen LogP contribution in [0.4, 0.5) is 15.2 Å². The van der Waals surface area contributed by atoms with Gasteiger partial charge in [-0.1, -0.05) is 17.3 Å². The van der Waals surface area contributed by atoms with E-state index in [1.165, 1.54) is 24.4 Å². The first-order valence-corrected chi connectivity index (χ1v) is 8.27. The van der Waals surface area contributed by atoms with Crippen molar-refractivity contribution in [1.29, 1.82) is 0 Å². The summed E-state index contributed by atoms with van der Waals surface area (Å²) in [5.41, 5.74) is 0.837. The first-order chi connectivity index (χ1) is 12.6. The van der Waals surface area contributed by atoms with Crippen molar-refractivity contribution >= 4 is 32.4 Å². The lowest BCUT2D eigenvalue weighted by Crippen LogP contribution is -2.03. The van der Waals surface area contributed by atoms with Crippen LogP contribution in [0.1, 0.15) is 5.56 Å². The maximum Gasteiger partial charge on any atom is 0.326 e. The minimum absolute atomic E-state index is 0.0335. The number of fused-ring (bicyclic) bond motifs is 1. The fourth-order valence-corrected chi connectivity index (χ4v) is 3.21. The van der Waals surface area contributed by atoms with E-state index < -0.39 is 4.92 Å². The zero-order valence-corrected chi connectivity index (χ0v) is 13.9. The number of anilines is 1. The van der Waals surface area contributed by atoms with Crippen molar-refractivity contribution < 1.29 is 13.8 Å². The van der Waals surface area contributed by atoms with Gasteiger partial charge in [0, 0.05) is 18.7 Å². The Bertz CT molecular complexity index is 1080. The molecule has 1 N–H and O–H groups in total. The Morgan fingerprint density at radius 3 is 2.73 bits per heavy atom. The van der Waals surface area contributed by atoms with Crippen molar-refractivity contribution in [2.24, 2.45) is 0 Å². The second kappa shape index (κ2) is 6.48. The van der Waals surface area contributed by atoms with Crippen LogP contribution in [0.15, 0.2) is 47.1 Å². The van der Waals surface area contributed by atoms with Crippen LogP contribution in [0.5, 0.6) is 0 Å². The summed E-state index contributed by atoms with van der Waals surface area (Å²) in [5.74, 6) is 0.732. The normalized spacial score (nSPS) is 11.0. The van der Waals surface area contributed by atoms with Gasteiger partial charge in [0.1, 0.15) is 16.5 Å². The van der Waals surface area contributed by atoms with Crippen LogP contribution in [0.25, 0.3) is 21.8 Å². The predicted octanol–water partition coefficient (Wildman–Crippen LogP) is 4.01. The molecule has 3 heterocycles. The molecule has 1 aromatic carbocycles. The van der Waals surface area contributed by atoms with E-state index >= 15 is 0 Å². The maximum atomic E-state index is 13.0. The number of hydrogen-bond acceptors (Lipinski definition) is 8. The highest BCUT2D eigenvalue weighted by molar-refractivity contribution is 7.21. The van der Waals surface area contributed by atoms with Gasteiger partial charge < -0.3 is 9.84 Å². The maximum absolute atomic E-state index is 13.0. The van der Waals surface area contributed by atoms with E-state index in [4.69, 9.17) is 4.52 Å². The van der Waals surface area contributed by atoms with Gasteiger partial charge in [0.15, 0.2) is 0 Å². The first-order valence-electron chi connectivity index (χ1n) is 7.45. The summed E-state index contributed by atoms with van der Waals surface area (Å²) in [6.45, 7) is 0.367. The predicted molar refractivity (Wildman–Crippen MR) is 93.3 cm³/mol. The van der Waals surface area contributed by atoms with Crippen molar-refractivity contribution in [3.05, 3.63) is 64.1 Å². The molecule has 26 heavy (non-hydrogen) atoms. The Morgan fingerprint density at radius 1 is 1.23 bits per heavy atom. The van der Waals surface area contributed by atoms with E-state index in [2.05, 4.69) is 20.4 Å². The lowest BCUT2D eigenvalue weighted by atomic mass is 10.2. The third-order valence-electron chi connectivity index (χ3n) is 3.59. The summed E-state index contributed by atoms with van der Waals surface area (Å²) in [6, 6.07) is 9.05. The van der Waals surface area contributed by atoms with Crippen molar-refractivity contribution in [2.45, 2.75) is 6.54 Å². The second-order valence-corrected chi connectivity index (χ2v) is 6.32. The number of nitro groups is 1. The van der Waals surface area contributed by atoms with Crippen molar-refractivity contribution in [1.82, 2.24) is 15.1 Å². The highest BCUT2D eigenvalue weighted by Gasteiger charge is 2.19. The van der Waals surface area contributed by atoms with Crippen LogP contribution < -0.4 is 5.32 Å². The van der Waals surface area contributed by atoms with Gasteiger partial charge in [-0.25, -0.2) is 14.4 Å². The lowest BCUT2D eigenvalue weighted by Gasteiger charge is -2.08. The van der Waals surface area contributed by atoms with Crippen LogP contribution in [0.2, 0.25) is 0 Å². The van der Waals surface area contributed by atoms with Gasteiger partial charge in [0.05, 0.1) is 16.5 Å². The molecule has 0 spiro atoms. The van der Waals surface area contributed by atoms with Gasteiger partial charge in [-0.05, 0) is 29.0 Å². The molecule has 4 rings (SSSR count). The third-order valence-corrected chi connectivity index (χ3v) is 4.57. The fourth-order valence-electron chi connectivity index (χ4n) is 2.36. The number of nitrogens with zero attached hydrogens (tertiary/aromatic N) is 4. The number of aromatic nitrogens is 3. The van der Waals surface area contributed by atoms with E-state index in [1.54, 1.807) is 18.2 Å². The molecule has 4 aromatic rings.